The first-order valence-electron chi connectivity index (χ1n) is 6.60. The van der Waals surface area contributed by atoms with E-state index in [-0.39, 0.29) is 29.6 Å². The molecule has 0 atom stereocenters. The summed E-state index contributed by atoms with van der Waals surface area (Å²) in [5, 5.41) is 4.42. The molecule has 0 aliphatic rings. The van der Waals surface area contributed by atoms with Gasteiger partial charge in [0, 0.05) is 0 Å². The fraction of sp³-hybridized carbons (Fsp3) is 0. The molecule has 20 heavy (non-hydrogen) atoms. The molecule has 3 aromatic rings. The molecule has 0 aromatic heterocycles. The number of rotatable bonds is 3. The smallest absolute Gasteiger partial charge is 0.0625 e. The van der Waals surface area contributed by atoms with Crippen molar-refractivity contribution in [3.05, 3.63) is 91.0 Å². The van der Waals surface area contributed by atoms with Gasteiger partial charge in [0.1, 0.15) is 8.80 Å². The Morgan fingerprint density at radius 3 is 0.900 bits per heavy atom. The van der Waals surface area contributed by atoms with Gasteiger partial charge in [-0.25, -0.2) is 0 Å². The van der Waals surface area contributed by atoms with Gasteiger partial charge in [-0.15, -0.1) is 0 Å². The van der Waals surface area contributed by atoms with Crippen molar-refractivity contribution in [2.45, 2.75) is 0 Å². The molecule has 0 amide bonds. The summed E-state index contributed by atoms with van der Waals surface area (Å²) in [7, 11) is -1.31. The topological polar surface area (TPSA) is 0 Å². The molecule has 0 aliphatic carbocycles. The molecular formula is C18H17NaSi. The van der Waals surface area contributed by atoms with Gasteiger partial charge >= 0.3 is 29.6 Å². The van der Waals surface area contributed by atoms with E-state index in [9.17, 15) is 0 Å². The Hall–Kier alpha value is -1.12. The van der Waals surface area contributed by atoms with Gasteiger partial charge in [0.25, 0.3) is 0 Å². The first-order chi connectivity index (χ1) is 9.45. The summed E-state index contributed by atoms with van der Waals surface area (Å²) >= 11 is 0. The van der Waals surface area contributed by atoms with Crippen molar-refractivity contribution < 1.29 is 0 Å². The summed E-state index contributed by atoms with van der Waals surface area (Å²) in [6.07, 6.45) is 0. The quantitative estimate of drug-likeness (QED) is 0.502. The Morgan fingerprint density at radius 1 is 0.400 bits per heavy atom. The van der Waals surface area contributed by atoms with Crippen LogP contribution in [0.4, 0.5) is 0 Å². The summed E-state index contributed by atoms with van der Waals surface area (Å²) in [5.41, 5.74) is 0. The van der Waals surface area contributed by atoms with Crippen LogP contribution in [0.15, 0.2) is 91.0 Å². The van der Waals surface area contributed by atoms with Crippen LogP contribution in [0.2, 0.25) is 0 Å². The summed E-state index contributed by atoms with van der Waals surface area (Å²) in [6, 6.07) is 32.7. The first kappa shape index (κ1) is 15.3. The van der Waals surface area contributed by atoms with E-state index >= 15 is 0 Å². The van der Waals surface area contributed by atoms with Crippen molar-refractivity contribution in [3.63, 3.8) is 0 Å². The Labute approximate surface area is 144 Å². The van der Waals surface area contributed by atoms with Crippen molar-refractivity contribution in [2.24, 2.45) is 0 Å². The van der Waals surface area contributed by atoms with Crippen molar-refractivity contribution in [1.29, 1.82) is 0 Å². The van der Waals surface area contributed by atoms with Crippen LogP contribution in [0, 0.1) is 0 Å². The van der Waals surface area contributed by atoms with Crippen LogP contribution in [0.1, 0.15) is 0 Å². The van der Waals surface area contributed by atoms with E-state index < -0.39 is 8.80 Å². The zero-order chi connectivity index (χ0) is 12.9. The van der Waals surface area contributed by atoms with E-state index in [4.69, 9.17) is 0 Å². The predicted octanol–water partition coefficient (Wildman–Crippen LogP) is 1.29. The van der Waals surface area contributed by atoms with Crippen LogP contribution in [-0.4, -0.2) is 38.4 Å². The summed E-state index contributed by atoms with van der Waals surface area (Å²) in [4.78, 5) is 0. The van der Waals surface area contributed by atoms with Gasteiger partial charge in [-0.05, 0) is 0 Å². The standard InChI is InChI=1S/C18H16Si.Na.H/c1-4-10-16(11-5-1)19(17-12-6-2-7-13-17)18-14-8-3-9-15-18;;/h1-15,19H;;. The fourth-order valence-electron chi connectivity index (χ4n) is 2.51. The minimum absolute atomic E-state index is 0. The molecule has 0 heterocycles. The molecule has 0 spiro atoms. The number of benzene rings is 3. The second-order valence-corrected chi connectivity index (χ2v) is 7.53. The molecule has 2 heteroatoms. The Morgan fingerprint density at radius 2 is 0.650 bits per heavy atom. The largest absolute Gasteiger partial charge is 0.132 e. The molecule has 3 rings (SSSR count). The third-order valence-corrected chi connectivity index (χ3v) is 6.55. The van der Waals surface area contributed by atoms with Gasteiger partial charge in [0.2, 0.25) is 0 Å². The van der Waals surface area contributed by atoms with E-state index in [0.29, 0.717) is 0 Å². The van der Waals surface area contributed by atoms with Gasteiger partial charge in [-0.3, -0.25) is 0 Å². The predicted molar refractivity (Wildman–Crippen MR) is 92.5 cm³/mol. The Bertz CT molecular complexity index is 529. The van der Waals surface area contributed by atoms with E-state index in [2.05, 4.69) is 91.0 Å². The van der Waals surface area contributed by atoms with Crippen molar-refractivity contribution in [1.82, 2.24) is 0 Å². The molecule has 0 nitrogen and oxygen atoms in total. The van der Waals surface area contributed by atoms with Gasteiger partial charge in [-0.1, -0.05) is 107 Å². The first-order valence-corrected chi connectivity index (χ1v) is 8.33. The number of hydrogen-bond donors (Lipinski definition) is 0. The van der Waals surface area contributed by atoms with Crippen LogP contribution in [0.5, 0.6) is 0 Å². The van der Waals surface area contributed by atoms with Gasteiger partial charge in [0.15, 0.2) is 0 Å². The Balaban J connectivity index is 0.00000147. The second kappa shape index (κ2) is 7.60. The maximum atomic E-state index is 2.26. The van der Waals surface area contributed by atoms with Crippen LogP contribution in [-0.2, 0) is 0 Å². The summed E-state index contributed by atoms with van der Waals surface area (Å²) in [5.74, 6) is 0. The van der Waals surface area contributed by atoms with Crippen LogP contribution >= 0.6 is 0 Å². The van der Waals surface area contributed by atoms with Gasteiger partial charge in [-0.2, -0.15) is 0 Å². The zero-order valence-corrected chi connectivity index (χ0v) is 11.9. The summed E-state index contributed by atoms with van der Waals surface area (Å²) in [6.45, 7) is 0. The fourth-order valence-corrected chi connectivity index (χ4v) is 5.49. The van der Waals surface area contributed by atoms with Crippen LogP contribution in [0.3, 0.4) is 0 Å². The zero-order valence-electron chi connectivity index (χ0n) is 10.7. The molecule has 0 fully saturated rings. The van der Waals surface area contributed by atoms with Gasteiger partial charge < -0.3 is 0 Å². The van der Waals surface area contributed by atoms with E-state index in [1.54, 1.807) is 0 Å². The molecule has 0 saturated carbocycles. The minimum Gasteiger partial charge on any atom is -0.0625 e. The molecule has 0 aliphatic heterocycles. The van der Waals surface area contributed by atoms with E-state index in [1.165, 1.54) is 15.6 Å². The maximum Gasteiger partial charge on any atom is 0.132 e. The normalized spacial score (nSPS) is 10.1. The van der Waals surface area contributed by atoms with Gasteiger partial charge in [0.05, 0.1) is 0 Å². The molecule has 3 aromatic carbocycles. The second-order valence-electron chi connectivity index (χ2n) is 4.67. The Kier molecular flexibility index (Phi) is 5.81. The van der Waals surface area contributed by atoms with Crippen molar-refractivity contribution in [2.75, 3.05) is 0 Å². The van der Waals surface area contributed by atoms with E-state index in [1.807, 2.05) is 0 Å². The van der Waals surface area contributed by atoms with Crippen LogP contribution < -0.4 is 15.6 Å². The van der Waals surface area contributed by atoms with Crippen LogP contribution in [0.25, 0.3) is 0 Å². The molecule has 0 bridgehead atoms. The molecule has 0 radical (unpaired) electrons. The molecule has 94 valence electrons. The monoisotopic (exact) mass is 284 g/mol. The molecule has 0 saturated heterocycles. The number of hydrogen-bond acceptors (Lipinski definition) is 0. The molecule has 0 unspecified atom stereocenters. The average molecular weight is 284 g/mol. The molecule has 0 N–H and O–H groups in total. The van der Waals surface area contributed by atoms with E-state index in [0.717, 1.165) is 0 Å². The average Bonchev–Trinajstić information content (AvgIpc) is 2.51. The van der Waals surface area contributed by atoms with Crippen molar-refractivity contribution in [3.8, 4) is 0 Å². The third-order valence-electron chi connectivity index (χ3n) is 3.40. The van der Waals surface area contributed by atoms with Crippen molar-refractivity contribution >= 4 is 53.9 Å². The SMILES string of the molecule is [NaH].c1ccc([SiH](c2ccccc2)c2ccccc2)cc1. The molecular weight excluding hydrogens is 267 g/mol. The minimum atomic E-state index is -1.31. The maximum absolute atomic E-state index is 2.26. The third kappa shape index (κ3) is 3.50. The summed E-state index contributed by atoms with van der Waals surface area (Å²) < 4.78 is 0.